The van der Waals surface area contributed by atoms with E-state index in [9.17, 15) is 0 Å². The maximum atomic E-state index is 4.55. The van der Waals surface area contributed by atoms with E-state index in [1.54, 1.807) is 6.33 Å². The van der Waals surface area contributed by atoms with E-state index in [1.165, 1.54) is 17.7 Å². The molecule has 1 aliphatic heterocycles. The molecular formula is C14H24N4S. The minimum Gasteiger partial charge on any atom is -0.370 e. The van der Waals surface area contributed by atoms with Crippen LogP contribution in [0.15, 0.2) is 6.33 Å². The molecule has 0 radical (unpaired) electrons. The van der Waals surface area contributed by atoms with Gasteiger partial charge in [0.25, 0.3) is 0 Å². The van der Waals surface area contributed by atoms with Crippen molar-refractivity contribution in [1.82, 2.24) is 9.97 Å². The zero-order chi connectivity index (χ0) is 13.7. The molecule has 1 aromatic heterocycles. The van der Waals surface area contributed by atoms with Gasteiger partial charge in [-0.3, -0.25) is 0 Å². The molecule has 1 aliphatic rings. The van der Waals surface area contributed by atoms with Crippen LogP contribution in [0.1, 0.15) is 32.8 Å². The summed E-state index contributed by atoms with van der Waals surface area (Å²) >= 11 is 2.09. The van der Waals surface area contributed by atoms with Crippen molar-refractivity contribution in [2.75, 3.05) is 35.6 Å². The van der Waals surface area contributed by atoms with Crippen molar-refractivity contribution in [3.8, 4) is 0 Å². The summed E-state index contributed by atoms with van der Waals surface area (Å²) in [5.74, 6) is 3.33. The standard InChI is InChI=1S/C14H24N4S/c1-4-11-9-18(7-8-19-11)14-12(5-2)13(15-6-3)16-10-17-14/h10-11H,4-9H2,1-3H3,(H,15,16,17). The molecule has 1 atom stereocenters. The number of thioether (sulfide) groups is 1. The molecule has 106 valence electrons. The molecule has 0 aromatic carbocycles. The molecule has 4 nitrogen and oxygen atoms in total. The molecular weight excluding hydrogens is 256 g/mol. The van der Waals surface area contributed by atoms with E-state index in [0.29, 0.717) is 0 Å². The SMILES string of the molecule is CCNc1ncnc(N2CCSC(CC)C2)c1CC. The highest BCUT2D eigenvalue weighted by Crippen LogP contribution is 2.29. The van der Waals surface area contributed by atoms with Gasteiger partial charge in [0.2, 0.25) is 0 Å². The van der Waals surface area contributed by atoms with Gasteiger partial charge in [-0.1, -0.05) is 13.8 Å². The molecule has 5 heteroatoms. The number of nitrogens with zero attached hydrogens (tertiary/aromatic N) is 3. The number of aromatic nitrogens is 2. The molecule has 19 heavy (non-hydrogen) atoms. The van der Waals surface area contributed by atoms with E-state index in [1.807, 2.05) is 0 Å². The lowest BCUT2D eigenvalue weighted by molar-refractivity contribution is 0.714. The van der Waals surface area contributed by atoms with Crippen LogP contribution in [0, 0.1) is 0 Å². The van der Waals surface area contributed by atoms with E-state index in [0.717, 1.165) is 42.9 Å². The molecule has 2 rings (SSSR count). The lowest BCUT2D eigenvalue weighted by atomic mass is 10.2. The van der Waals surface area contributed by atoms with Gasteiger partial charge in [0.15, 0.2) is 0 Å². The molecule has 0 aliphatic carbocycles. The summed E-state index contributed by atoms with van der Waals surface area (Å²) in [5.41, 5.74) is 1.26. The van der Waals surface area contributed by atoms with Crippen molar-refractivity contribution in [2.24, 2.45) is 0 Å². The van der Waals surface area contributed by atoms with E-state index in [2.05, 4.69) is 52.7 Å². The Morgan fingerprint density at radius 1 is 1.37 bits per heavy atom. The summed E-state index contributed by atoms with van der Waals surface area (Å²) in [7, 11) is 0. The van der Waals surface area contributed by atoms with Crippen molar-refractivity contribution in [1.29, 1.82) is 0 Å². The summed E-state index contributed by atoms with van der Waals surface area (Å²) < 4.78 is 0. The molecule has 0 spiro atoms. The Labute approximate surface area is 120 Å². The second-order valence-electron chi connectivity index (χ2n) is 4.76. The van der Waals surface area contributed by atoms with Crippen LogP contribution in [0.25, 0.3) is 0 Å². The Bertz CT molecular complexity index is 410. The van der Waals surface area contributed by atoms with Crippen molar-refractivity contribution < 1.29 is 0 Å². The Morgan fingerprint density at radius 3 is 2.89 bits per heavy atom. The first-order valence-electron chi connectivity index (χ1n) is 7.24. The summed E-state index contributed by atoms with van der Waals surface area (Å²) in [6.07, 6.45) is 3.89. The Kier molecular flexibility index (Phi) is 5.31. The van der Waals surface area contributed by atoms with Crippen molar-refractivity contribution in [3.05, 3.63) is 11.9 Å². The first-order valence-corrected chi connectivity index (χ1v) is 8.29. The van der Waals surface area contributed by atoms with Crippen molar-refractivity contribution in [2.45, 2.75) is 38.9 Å². The Hall–Kier alpha value is -0.970. The largest absolute Gasteiger partial charge is 0.370 e. The lowest BCUT2D eigenvalue weighted by Gasteiger charge is -2.34. The maximum Gasteiger partial charge on any atom is 0.137 e. The summed E-state index contributed by atoms with van der Waals surface area (Å²) in [4.78, 5) is 11.4. The van der Waals surface area contributed by atoms with Gasteiger partial charge in [0.1, 0.15) is 18.0 Å². The molecule has 1 saturated heterocycles. The van der Waals surface area contributed by atoms with Gasteiger partial charge >= 0.3 is 0 Å². The van der Waals surface area contributed by atoms with Gasteiger partial charge in [0, 0.05) is 36.2 Å². The van der Waals surface area contributed by atoms with Gasteiger partial charge in [0.05, 0.1) is 0 Å². The van der Waals surface area contributed by atoms with E-state index in [4.69, 9.17) is 0 Å². The van der Waals surface area contributed by atoms with Gasteiger partial charge in [-0.2, -0.15) is 11.8 Å². The third-order valence-electron chi connectivity index (χ3n) is 3.51. The fourth-order valence-corrected chi connectivity index (χ4v) is 3.66. The number of anilines is 2. The average molecular weight is 280 g/mol. The van der Waals surface area contributed by atoms with Crippen LogP contribution in [0.3, 0.4) is 0 Å². The highest BCUT2D eigenvalue weighted by atomic mass is 32.2. The van der Waals surface area contributed by atoms with Gasteiger partial charge in [-0.25, -0.2) is 9.97 Å². The normalized spacial score (nSPS) is 19.5. The Morgan fingerprint density at radius 2 is 2.21 bits per heavy atom. The van der Waals surface area contributed by atoms with Crippen LogP contribution >= 0.6 is 11.8 Å². The molecule has 1 fully saturated rings. The fourth-order valence-electron chi connectivity index (χ4n) is 2.48. The molecule has 0 saturated carbocycles. The smallest absolute Gasteiger partial charge is 0.137 e. The highest BCUT2D eigenvalue weighted by molar-refractivity contribution is 8.00. The van der Waals surface area contributed by atoms with Gasteiger partial charge in [-0.05, 0) is 19.8 Å². The molecule has 2 heterocycles. The van der Waals surface area contributed by atoms with Gasteiger partial charge in [-0.15, -0.1) is 0 Å². The lowest BCUT2D eigenvalue weighted by Crippen LogP contribution is -2.38. The van der Waals surface area contributed by atoms with Crippen molar-refractivity contribution in [3.63, 3.8) is 0 Å². The summed E-state index contributed by atoms with van der Waals surface area (Å²) in [6.45, 7) is 9.65. The molecule has 1 N–H and O–H groups in total. The van der Waals surface area contributed by atoms with Crippen LogP contribution in [0.5, 0.6) is 0 Å². The molecule has 0 bridgehead atoms. The van der Waals surface area contributed by atoms with Crippen LogP contribution < -0.4 is 10.2 Å². The molecule has 1 aromatic rings. The van der Waals surface area contributed by atoms with Crippen LogP contribution in [-0.4, -0.2) is 40.6 Å². The predicted octanol–water partition coefficient (Wildman–Crippen LogP) is 2.80. The second-order valence-corrected chi connectivity index (χ2v) is 6.16. The monoisotopic (exact) mass is 280 g/mol. The summed E-state index contributed by atoms with van der Waals surface area (Å²) in [6, 6.07) is 0. The number of hydrogen-bond donors (Lipinski definition) is 1. The minimum atomic E-state index is 0.732. The van der Waals surface area contributed by atoms with E-state index >= 15 is 0 Å². The minimum absolute atomic E-state index is 0.732. The predicted molar refractivity (Wildman–Crippen MR) is 84.3 cm³/mol. The van der Waals surface area contributed by atoms with Gasteiger partial charge < -0.3 is 10.2 Å². The number of rotatable bonds is 5. The van der Waals surface area contributed by atoms with Crippen LogP contribution in [-0.2, 0) is 6.42 Å². The topological polar surface area (TPSA) is 41.1 Å². The van der Waals surface area contributed by atoms with E-state index < -0.39 is 0 Å². The molecule has 0 amide bonds. The molecule has 1 unspecified atom stereocenters. The fraction of sp³-hybridized carbons (Fsp3) is 0.714. The van der Waals surface area contributed by atoms with Crippen LogP contribution in [0.2, 0.25) is 0 Å². The first-order chi connectivity index (χ1) is 9.30. The average Bonchev–Trinajstić information content (AvgIpc) is 2.47. The van der Waals surface area contributed by atoms with Crippen LogP contribution in [0.4, 0.5) is 11.6 Å². The van der Waals surface area contributed by atoms with E-state index in [-0.39, 0.29) is 0 Å². The third kappa shape index (κ3) is 3.32. The quantitative estimate of drug-likeness (QED) is 0.898. The maximum absolute atomic E-state index is 4.55. The van der Waals surface area contributed by atoms with Crippen molar-refractivity contribution >= 4 is 23.4 Å². The third-order valence-corrected chi connectivity index (χ3v) is 4.89. The number of hydrogen-bond acceptors (Lipinski definition) is 5. The number of nitrogens with one attached hydrogen (secondary N) is 1. The zero-order valence-electron chi connectivity index (χ0n) is 12.1. The summed E-state index contributed by atoms with van der Waals surface area (Å²) in [5, 5.41) is 4.08. The zero-order valence-corrected chi connectivity index (χ0v) is 13.0. The second kappa shape index (κ2) is 6.98. The first kappa shape index (κ1) is 14.4. The highest BCUT2D eigenvalue weighted by Gasteiger charge is 2.23. The Balaban J connectivity index is 2.25.